The minimum absolute atomic E-state index is 0.355. The smallest absolute Gasteiger partial charge is 0.407 e. The summed E-state index contributed by atoms with van der Waals surface area (Å²) in [7, 11) is 7.46. The highest BCUT2D eigenvalue weighted by atomic mass is 79.9. The second kappa shape index (κ2) is 14.1. The van der Waals surface area contributed by atoms with Gasteiger partial charge in [0.1, 0.15) is 22.2 Å². The summed E-state index contributed by atoms with van der Waals surface area (Å²) in [5.74, 6) is 0. The summed E-state index contributed by atoms with van der Waals surface area (Å²) >= 11 is 6.94. The number of aromatic nitrogens is 2. The molecule has 4 aromatic rings. The first-order valence-corrected chi connectivity index (χ1v) is 15.4. The lowest BCUT2D eigenvalue weighted by Crippen LogP contribution is -2.32. The van der Waals surface area contributed by atoms with E-state index >= 15 is 0 Å². The Hall–Kier alpha value is -3.52. The summed E-state index contributed by atoms with van der Waals surface area (Å²) in [6, 6.07) is 8.62. The molecule has 2 aromatic carbocycles. The third-order valence-electron chi connectivity index (χ3n) is 5.42. The lowest BCUT2D eigenvalue weighted by molar-refractivity contribution is 0.0512. The fraction of sp³-hybridized carbons (Fsp3) is 0.467. The Morgan fingerprint density at radius 1 is 0.705 bits per heavy atom. The minimum Gasteiger partial charge on any atom is -0.444 e. The zero-order valence-corrected chi connectivity index (χ0v) is 29.9. The third kappa shape index (κ3) is 10.3. The zero-order chi connectivity index (χ0) is 33.0. The quantitative estimate of drug-likeness (QED) is 0.207. The van der Waals surface area contributed by atoms with Gasteiger partial charge in [-0.05, 0) is 109 Å². The van der Waals surface area contributed by atoms with E-state index < -0.39 is 23.4 Å². The van der Waals surface area contributed by atoms with Crippen LogP contribution in [-0.4, -0.2) is 61.5 Å². The van der Waals surface area contributed by atoms with Gasteiger partial charge in [-0.15, -0.1) is 0 Å². The maximum absolute atomic E-state index is 11.7. The van der Waals surface area contributed by atoms with Gasteiger partial charge in [-0.25, -0.2) is 9.59 Å². The van der Waals surface area contributed by atoms with Crippen molar-refractivity contribution in [3.63, 3.8) is 0 Å². The van der Waals surface area contributed by atoms with Crippen LogP contribution < -0.4 is 20.4 Å². The topological polar surface area (TPSA) is 135 Å². The molecule has 0 bridgehead atoms. The van der Waals surface area contributed by atoms with Gasteiger partial charge in [-0.2, -0.15) is 9.97 Å². The number of hydrogen-bond acceptors (Lipinski definition) is 10. The fourth-order valence-electron chi connectivity index (χ4n) is 3.63. The van der Waals surface area contributed by atoms with Gasteiger partial charge < -0.3 is 38.7 Å². The Morgan fingerprint density at radius 3 is 1.34 bits per heavy atom. The number of ether oxygens (including phenoxy) is 2. The monoisotopic (exact) mass is 738 g/mol. The predicted octanol–water partition coefficient (Wildman–Crippen LogP) is 7.36. The van der Waals surface area contributed by atoms with Crippen molar-refractivity contribution >= 4 is 78.3 Å². The molecule has 2 aromatic heterocycles. The molecule has 2 amide bonds. The van der Waals surface area contributed by atoms with Crippen molar-refractivity contribution in [1.82, 2.24) is 20.6 Å². The summed E-state index contributed by atoms with van der Waals surface area (Å²) in [5, 5.41) is 5.45. The first kappa shape index (κ1) is 35.0. The number of fused-ring (bicyclic) bond motifs is 2. The van der Waals surface area contributed by atoms with E-state index in [0.29, 0.717) is 36.3 Å². The van der Waals surface area contributed by atoms with Gasteiger partial charge >= 0.3 is 12.2 Å². The number of carbonyl (C=O) groups is 2. The molecule has 0 aliphatic heterocycles. The molecule has 44 heavy (non-hydrogen) atoms. The number of nitrogens with zero attached hydrogens (tertiary/aromatic N) is 4. The van der Waals surface area contributed by atoms with Crippen molar-refractivity contribution < 1.29 is 27.9 Å². The third-order valence-corrected chi connectivity index (χ3v) is 6.60. The van der Waals surface area contributed by atoms with Crippen LogP contribution >= 0.6 is 31.9 Å². The number of benzene rings is 2. The van der Waals surface area contributed by atoms with Gasteiger partial charge in [0, 0.05) is 41.3 Å². The van der Waals surface area contributed by atoms with Crippen LogP contribution in [0.15, 0.2) is 42.0 Å². The number of anilines is 2. The van der Waals surface area contributed by atoms with E-state index in [0.717, 1.165) is 31.1 Å². The molecule has 0 atom stereocenters. The number of alkyl carbamates (subject to hydrolysis) is 2. The molecule has 14 heteroatoms. The van der Waals surface area contributed by atoms with Gasteiger partial charge in [0.15, 0.2) is 11.2 Å². The molecule has 2 N–H and O–H groups in total. The van der Waals surface area contributed by atoms with E-state index in [4.69, 9.17) is 18.3 Å². The summed E-state index contributed by atoms with van der Waals surface area (Å²) in [5.41, 5.74) is 3.63. The van der Waals surface area contributed by atoms with Crippen LogP contribution in [0.2, 0.25) is 0 Å². The molecular weight excluding hydrogens is 700 g/mol. The molecule has 2 heterocycles. The molecule has 0 fully saturated rings. The van der Waals surface area contributed by atoms with Gasteiger partial charge in [-0.3, -0.25) is 0 Å². The van der Waals surface area contributed by atoms with E-state index in [-0.39, 0.29) is 0 Å². The Balaban J connectivity index is 0.000000240. The zero-order valence-electron chi connectivity index (χ0n) is 26.7. The van der Waals surface area contributed by atoms with Crippen molar-refractivity contribution in [2.75, 3.05) is 38.0 Å². The van der Waals surface area contributed by atoms with E-state index in [1.807, 2.05) is 94.0 Å². The first-order chi connectivity index (χ1) is 20.3. The SMILES string of the molecule is CN(C)c1nc2cc(CNC(=O)OC(C)(C)C)cc(Br)c2o1.CN(C)c1nc2cc(CNC(=O)OC(C)(C)C)cc(Br)c2o1. The lowest BCUT2D eigenvalue weighted by Gasteiger charge is -2.19. The van der Waals surface area contributed by atoms with Gasteiger partial charge in [0.05, 0.1) is 8.95 Å². The van der Waals surface area contributed by atoms with Gasteiger partial charge in [0.2, 0.25) is 0 Å². The van der Waals surface area contributed by atoms with Crippen molar-refractivity contribution in [2.45, 2.75) is 65.8 Å². The fourth-order valence-corrected chi connectivity index (χ4v) is 4.79. The molecule has 0 unspecified atom stereocenters. The average Bonchev–Trinajstić information content (AvgIpc) is 3.50. The number of oxazole rings is 2. The largest absolute Gasteiger partial charge is 0.444 e. The van der Waals surface area contributed by atoms with Crippen molar-refractivity contribution in [3.05, 3.63) is 44.3 Å². The molecule has 12 nitrogen and oxygen atoms in total. The average molecular weight is 740 g/mol. The van der Waals surface area contributed by atoms with Crippen LogP contribution in [0.25, 0.3) is 22.2 Å². The van der Waals surface area contributed by atoms with Crippen LogP contribution in [0.4, 0.5) is 21.6 Å². The first-order valence-electron chi connectivity index (χ1n) is 13.8. The van der Waals surface area contributed by atoms with Crippen LogP contribution in [0.5, 0.6) is 0 Å². The van der Waals surface area contributed by atoms with Crippen molar-refractivity contribution in [1.29, 1.82) is 0 Å². The molecule has 0 saturated heterocycles. The van der Waals surface area contributed by atoms with Crippen LogP contribution in [-0.2, 0) is 22.6 Å². The maximum Gasteiger partial charge on any atom is 0.407 e. The molecule has 0 spiro atoms. The summed E-state index contributed by atoms with van der Waals surface area (Å²) < 4.78 is 23.3. The maximum atomic E-state index is 11.7. The Labute approximate surface area is 274 Å². The summed E-state index contributed by atoms with van der Waals surface area (Å²) in [6.45, 7) is 11.7. The van der Waals surface area contributed by atoms with E-state index in [9.17, 15) is 9.59 Å². The molecule has 0 aliphatic carbocycles. The van der Waals surface area contributed by atoms with Crippen LogP contribution in [0.3, 0.4) is 0 Å². The lowest BCUT2D eigenvalue weighted by atomic mass is 10.2. The Kier molecular flexibility index (Phi) is 11.2. The van der Waals surface area contributed by atoms with Crippen LogP contribution in [0.1, 0.15) is 52.7 Å². The molecular formula is C30H40Br2N6O6. The summed E-state index contributed by atoms with van der Waals surface area (Å²) in [4.78, 5) is 35.8. The Morgan fingerprint density at radius 2 is 1.05 bits per heavy atom. The number of amides is 2. The molecule has 240 valence electrons. The standard InChI is InChI=1S/2C15H20BrN3O3/c2*1-15(2,3)22-14(20)17-8-9-6-10(16)12-11(7-9)18-13(21-12)19(4)5/h2*6-7H,8H2,1-5H3,(H,17,20). The molecule has 4 rings (SSSR count). The van der Waals surface area contributed by atoms with Crippen LogP contribution in [0, 0.1) is 0 Å². The van der Waals surface area contributed by atoms with Crippen molar-refractivity contribution in [3.8, 4) is 0 Å². The number of carbonyl (C=O) groups excluding carboxylic acids is 2. The molecule has 0 radical (unpaired) electrons. The number of nitrogens with one attached hydrogen (secondary N) is 2. The Bertz CT molecular complexity index is 1500. The highest BCUT2D eigenvalue weighted by Crippen LogP contribution is 2.30. The second-order valence-electron chi connectivity index (χ2n) is 12.3. The molecule has 0 saturated carbocycles. The van der Waals surface area contributed by atoms with Crippen molar-refractivity contribution in [2.24, 2.45) is 0 Å². The van der Waals surface area contributed by atoms with E-state index in [1.54, 1.807) is 9.80 Å². The normalized spacial score (nSPS) is 11.5. The minimum atomic E-state index is -0.513. The second-order valence-corrected chi connectivity index (χ2v) is 14.1. The predicted molar refractivity (Wildman–Crippen MR) is 178 cm³/mol. The highest BCUT2D eigenvalue weighted by Gasteiger charge is 2.18. The van der Waals surface area contributed by atoms with E-state index in [2.05, 4.69) is 52.5 Å². The summed E-state index contributed by atoms with van der Waals surface area (Å²) in [6.07, 6.45) is -0.893. The van der Waals surface area contributed by atoms with E-state index in [1.165, 1.54) is 0 Å². The molecule has 0 aliphatic rings. The number of rotatable bonds is 6. The highest BCUT2D eigenvalue weighted by molar-refractivity contribution is 9.11. The van der Waals surface area contributed by atoms with Gasteiger partial charge in [0.25, 0.3) is 12.0 Å². The van der Waals surface area contributed by atoms with Gasteiger partial charge in [-0.1, -0.05) is 0 Å². The number of hydrogen-bond donors (Lipinski definition) is 2. The number of halogens is 2.